The molecule has 1 amide bonds. The molecular formula is C41H40F5N3O3S. The van der Waals surface area contributed by atoms with Gasteiger partial charge in [-0.05, 0) is 66.2 Å². The number of rotatable bonds is 12. The zero-order valence-electron chi connectivity index (χ0n) is 48.7. The highest BCUT2D eigenvalue weighted by Crippen LogP contribution is 2.34. The van der Waals surface area contributed by atoms with E-state index < -0.39 is 207 Å². The van der Waals surface area contributed by atoms with Crippen LogP contribution in [0.3, 0.4) is 0 Å². The number of aromatic nitrogens is 1. The Labute approximate surface area is 338 Å². The largest absolute Gasteiger partial charge is 0.416 e. The number of hydrogen-bond acceptors (Lipinski definition) is 5. The minimum atomic E-state index is -5.22. The lowest BCUT2D eigenvalue weighted by molar-refractivity contribution is -0.138. The number of halogens is 5. The summed E-state index contributed by atoms with van der Waals surface area (Å²) < 4.78 is 256. The molecule has 1 saturated heterocycles. The molecular weight excluding hydrogens is 710 g/mol. The molecule has 4 aromatic carbocycles. The third kappa shape index (κ3) is 9.00. The van der Waals surface area contributed by atoms with E-state index in [4.69, 9.17) is 33.5 Å². The lowest BCUT2D eigenvalue weighted by atomic mass is 9.98. The minimum absolute atomic E-state index is 0.288. The number of amides is 1. The van der Waals surface area contributed by atoms with Gasteiger partial charge in [-0.15, -0.1) is 11.8 Å². The summed E-state index contributed by atoms with van der Waals surface area (Å²) in [6.07, 6.45) is -5.79. The van der Waals surface area contributed by atoms with E-state index in [1.807, 2.05) is 0 Å². The molecule has 0 atom stereocenters. The number of nitrogens with zero attached hydrogens (tertiary/aromatic N) is 3. The molecule has 0 unspecified atom stereocenters. The Balaban J connectivity index is 1.59. The van der Waals surface area contributed by atoms with Gasteiger partial charge in [0.05, 0.1) is 46.0 Å². The van der Waals surface area contributed by atoms with Crippen molar-refractivity contribution in [1.82, 2.24) is 14.4 Å². The summed E-state index contributed by atoms with van der Waals surface area (Å²) in [6, 6.07) is -18.5. The Morgan fingerprint density at radius 3 is 2.42 bits per heavy atom. The molecule has 0 N–H and O–H groups in total. The SMILES string of the molecule is [2H]c1c([2H])c(F)c(F)c(C([2H])([2H])Sc2c([2H])c(=O)c3c([2H])c([2H])c([2H])c([2H])c3n2CC(=O)N(Cc2c([2H])c([2H])c(-c3c([2H])c([2H])c(C(F)(F)F)c(C)c3[2H])c([2H])c2[2H])C2CCN(C([2H])([2H])C([2H])([2H])OC)CC2)c1[2H]. The monoisotopic (exact) mass is 770 g/mol. The Hall–Kier alpha value is -4.52. The van der Waals surface area contributed by atoms with Crippen LogP contribution in [0.4, 0.5) is 22.0 Å². The minimum Gasteiger partial charge on any atom is -0.383 e. The van der Waals surface area contributed by atoms with Gasteiger partial charge >= 0.3 is 6.18 Å². The third-order valence-corrected chi connectivity index (χ3v) is 8.84. The average molecular weight is 771 g/mol. The van der Waals surface area contributed by atoms with Crippen molar-refractivity contribution in [2.45, 2.75) is 55.8 Å². The molecule has 0 radical (unpaired) electrons. The van der Waals surface area contributed by atoms with Crippen molar-refractivity contribution in [3.63, 3.8) is 0 Å². The smallest absolute Gasteiger partial charge is 0.383 e. The van der Waals surface area contributed by atoms with Crippen molar-refractivity contribution in [3.8, 4) is 11.1 Å². The van der Waals surface area contributed by atoms with Gasteiger partial charge in [-0.1, -0.05) is 60.4 Å². The first-order valence-corrected chi connectivity index (χ1v) is 16.4. The number of para-hydroxylation sites is 1. The van der Waals surface area contributed by atoms with Crippen molar-refractivity contribution < 1.29 is 60.3 Å². The van der Waals surface area contributed by atoms with Gasteiger partial charge in [0.15, 0.2) is 17.1 Å². The van der Waals surface area contributed by atoms with Gasteiger partial charge in [0.2, 0.25) is 5.91 Å². The number of alkyl halides is 3. The second kappa shape index (κ2) is 16.7. The van der Waals surface area contributed by atoms with E-state index >= 15 is 9.18 Å². The number of hydrogen-bond donors (Lipinski definition) is 0. The zero-order valence-corrected chi connectivity index (χ0v) is 28.5. The Morgan fingerprint density at radius 2 is 1.70 bits per heavy atom. The number of pyridine rings is 1. The number of piperidine rings is 1. The van der Waals surface area contributed by atoms with Gasteiger partial charge in [-0.3, -0.25) is 9.59 Å². The Bertz CT molecular complexity index is 3160. The standard InChI is InChI=1S/C41H40F5N3O3S/c1-27-22-30(14-15-34(27)41(44,45)46)29-12-10-28(11-13-29)24-48(32-16-18-47(19-17-32)20-21-52-2)38(51)25-49-36-9-4-3-7-33(36)37(50)23-39(49)53-26-31-6-5-8-35(42)40(31)43/h3-15,22-23,32H,16-21,24-26H2,1-2H3/i3D,4D,5D,6D,7D,8D,9D,10D,11D,12D,13D,14D,15D,20D2,21D2,22D,23D,26D2. The second-order valence-electron chi connectivity index (χ2n) is 11.4. The zero-order chi connectivity index (χ0) is 56.1. The number of carbonyl (C=O) groups is 1. The number of fused-ring (bicyclic) bond motifs is 1. The molecule has 1 aliphatic heterocycles. The number of benzene rings is 4. The molecule has 0 bridgehead atoms. The van der Waals surface area contributed by atoms with Crippen molar-refractivity contribution in [3.05, 3.63) is 135 Å². The molecule has 278 valence electrons. The van der Waals surface area contributed by atoms with Crippen LogP contribution in [0.5, 0.6) is 0 Å². The first-order valence-electron chi connectivity index (χ1n) is 26.1. The molecule has 5 aromatic rings. The number of likely N-dealkylation sites (tertiary alicyclic amines) is 1. The van der Waals surface area contributed by atoms with Crippen LogP contribution in [0.15, 0.2) is 100 Å². The maximum atomic E-state index is 15.5. The molecule has 12 heteroatoms. The summed E-state index contributed by atoms with van der Waals surface area (Å²) in [6.45, 7) is -7.92. The topological polar surface area (TPSA) is 54.8 Å². The van der Waals surface area contributed by atoms with Crippen molar-refractivity contribution >= 4 is 28.6 Å². The molecule has 6 nitrogen and oxygen atoms in total. The molecule has 0 saturated carbocycles. The highest BCUT2D eigenvalue weighted by atomic mass is 32.2. The lowest BCUT2D eigenvalue weighted by Gasteiger charge is -2.39. The van der Waals surface area contributed by atoms with E-state index in [1.54, 1.807) is 0 Å². The van der Waals surface area contributed by atoms with Gasteiger partial charge in [0.25, 0.3) is 0 Å². The van der Waals surface area contributed by atoms with Crippen LogP contribution in [0.25, 0.3) is 22.0 Å². The summed E-state index contributed by atoms with van der Waals surface area (Å²) in [5, 5.41) is -1.94. The quantitative estimate of drug-likeness (QED) is 0.0940. The van der Waals surface area contributed by atoms with Gasteiger partial charge in [-0.2, -0.15) is 13.2 Å². The maximum Gasteiger partial charge on any atom is 0.416 e. The number of methoxy groups -OCH3 is 1. The summed E-state index contributed by atoms with van der Waals surface area (Å²) in [4.78, 5) is 31.0. The van der Waals surface area contributed by atoms with Gasteiger partial charge in [-0.25, -0.2) is 8.78 Å². The molecule has 1 aliphatic rings. The van der Waals surface area contributed by atoms with E-state index in [-0.39, 0.29) is 37.7 Å². The fourth-order valence-electron chi connectivity index (χ4n) is 5.44. The van der Waals surface area contributed by atoms with E-state index in [2.05, 4.69) is 0 Å². The normalized spacial score (nSPS) is 20.6. The molecule has 0 aliphatic carbocycles. The van der Waals surface area contributed by atoms with Crippen molar-refractivity contribution in [2.24, 2.45) is 0 Å². The Morgan fingerprint density at radius 1 is 0.981 bits per heavy atom. The van der Waals surface area contributed by atoms with Crippen LogP contribution < -0.4 is 5.43 Å². The molecule has 0 spiro atoms. The summed E-state index contributed by atoms with van der Waals surface area (Å²) >= 11 is -0.325. The van der Waals surface area contributed by atoms with Crippen molar-refractivity contribution in [1.29, 1.82) is 0 Å². The van der Waals surface area contributed by atoms with Gasteiger partial charge in [0, 0.05) is 67.5 Å². The van der Waals surface area contributed by atoms with Crippen LogP contribution in [0.2, 0.25) is 0 Å². The summed E-state index contributed by atoms with van der Waals surface area (Å²) in [7, 11) is 0.913. The van der Waals surface area contributed by atoms with Crippen molar-refractivity contribution in [2.75, 3.05) is 33.3 Å². The Kier molecular flexibility index (Phi) is 6.19. The number of thioether (sulfide) groups is 1. The summed E-state index contributed by atoms with van der Waals surface area (Å²) in [5.74, 6) is -5.42. The van der Waals surface area contributed by atoms with Gasteiger partial charge < -0.3 is 19.1 Å². The molecule has 53 heavy (non-hydrogen) atoms. The van der Waals surface area contributed by atoms with Crippen LogP contribution in [0.1, 0.15) is 63.9 Å². The lowest BCUT2D eigenvalue weighted by Crippen LogP contribution is -2.48. The van der Waals surface area contributed by atoms with Crippen LogP contribution in [-0.2, 0) is 34.5 Å². The molecule has 1 fully saturated rings. The molecule has 2 heterocycles. The first-order chi connectivity index (χ1) is 33.9. The fraction of sp³-hybridized carbons (Fsp3) is 0.317. The number of carbonyl (C=O) groups excluding carboxylic acids is 1. The predicted octanol–water partition coefficient (Wildman–Crippen LogP) is 8.71. The van der Waals surface area contributed by atoms with Gasteiger partial charge in [0.1, 0.15) is 6.54 Å². The average Bonchev–Trinajstić information content (AvgIpc) is 3.32. The predicted molar refractivity (Wildman–Crippen MR) is 198 cm³/mol. The van der Waals surface area contributed by atoms with E-state index in [1.165, 1.54) is 0 Å². The molecule has 1 aromatic heterocycles. The van der Waals surface area contributed by atoms with Crippen LogP contribution in [-0.4, -0.2) is 59.6 Å². The summed E-state index contributed by atoms with van der Waals surface area (Å²) in [5.41, 5.74) is -12.2. The van der Waals surface area contributed by atoms with E-state index in [9.17, 15) is 22.4 Å². The van der Waals surface area contributed by atoms with E-state index in [0.717, 1.165) is 23.8 Å². The third-order valence-electron chi connectivity index (χ3n) is 8.02. The molecule has 6 rings (SSSR count). The van der Waals surface area contributed by atoms with E-state index in [0.29, 0.717) is 4.57 Å². The first kappa shape index (κ1) is 19.7. The second-order valence-corrected chi connectivity index (χ2v) is 12.2. The highest BCUT2D eigenvalue weighted by molar-refractivity contribution is 7.98. The van der Waals surface area contributed by atoms with Crippen LogP contribution in [0, 0.1) is 18.6 Å². The fourth-order valence-corrected chi connectivity index (χ4v) is 6.19. The number of ether oxygens (including phenoxy) is 1. The highest BCUT2D eigenvalue weighted by Gasteiger charge is 2.32. The van der Waals surface area contributed by atoms with Crippen LogP contribution >= 0.6 is 11.8 Å². The maximum absolute atomic E-state index is 15.5.